The highest BCUT2D eigenvalue weighted by atomic mass is 35.5. The molecule has 0 amide bonds. The summed E-state index contributed by atoms with van der Waals surface area (Å²) in [7, 11) is 0. The number of H-pyrrole nitrogens is 1. The summed E-state index contributed by atoms with van der Waals surface area (Å²) in [5.41, 5.74) is 2.99. The van der Waals surface area contributed by atoms with E-state index in [0.717, 1.165) is 22.2 Å². The minimum Gasteiger partial charge on any atom is -0.356 e. The molecule has 0 aliphatic carbocycles. The second kappa shape index (κ2) is 8.17. The van der Waals surface area contributed by atoms with Crippen molar-refractivity contribution in [3.63, 3.8) is 0 Å². The van der Waals surface area contributed by atoms with E-state index in [1.54, 1.807) is 0 Å². The van der Waals surface area contributed by atoms with Crippen LogP contribution in [0.5, 0.6) is 0 Å². The maximum Gasteiger partial charge on any atom is 0.451 e. The molecule has 170 valence electrons. The number of hydrogen-bond acceptors (Lipinski definition) is 6. The molecule has 1 N–H and O–H groups in total. The third-order valence-corrected chi connectivity index (χ3v) is 6.12. The van der Waals surface area contributed by atoms with Gasteiger partial charge in [0.25, 0.3) is 0 Å². The molecule has 0 radical (unpaired) electrons. The van der Waals surface area contributed by atoms with Gasteiger partial charge < -0.3 is 19.4 Å². The van der Waals surface area contributed by atoms with E-state index in [1.165, 1.54) is 6.92 Å². The summed E-state index contributed by atoms with van der Waals surface area (Å²) in [5.74, 6) is -1.05. The Labute approximate surface area is 186 Å². The van der Waals surface area contributed by atoms with Gasteiger partial charge in [-0.3, -0.25) is 0 Å². The molecule has 0 saturated carbocycles. The van der Waals surface area contributed by atoms with E-state index in [2.05, 4.69) is 19.9 Å². The van der Waals surface area contributed by atoms with Gasteiger partial charge in [0.2, 0.25) is 11.8 Å². The Morgan fingerprint density at radius 1 is 1.19 bits per heavy atom. The average Bonchev–Trinajstić information content (AvgIpc) is 3.12. The van der Waals surface area contributed by atoms with Crippen LogP contribution in [-0.4, -0.2) is 46.5 Å². The molecule has 0 unspecified atom stereocenters. The third kappa shape index (κ3) is 4.02. The van der Waals surface area contributed by atoms with Gasteiger partial charge in [0.05, 0.1) is 19.3 Å². The van der Waals surface area contributed by atoms with Crippen molar-refractivity contribution < 1.29 is 22.6 Å². The van der Waals surface area contributed by atoms with Crippen LogP contribution in [-0.2, 0) is 22.1 Å². The molecule has 0 spiro atoms. The van der Waals surface area contributed by atoms with Gasteiger partial charge in [0.1, 0.15) is 12.6 Å². The molecule has 1 fully saturated rings. The number of aromatic nitrogens is 4. The number of nitrogens with one attached hydrogen (secondary N) is 1. The van der Waals surface area contributed by atoms with E-state index in [9.17, 15) is 13.2 Å². The van der Waals surface area contributed by atoms with E-state index < -0.39 is 12.0 Å². The lowest BCUT2D eigenvalue weighted by atomic mass is 9.91. The van der Waals surface area contributed by atoms with Gasteiger partial charge in [-0.05, 0) is 43.5 Å². The minimum absolute atomic E-state index is 0.0230. The fourth-order valence-corrected chi connectivity index (χ4v) is 4.71. The van der Waals surface area contributed by atoms with Gasteiger partial charge >= 0.3 is 6.18 Å². The van der Waals surface area contributed by atoms with Gasteiger partial charge in [-0.1, -0.05) is 11.6 Å². The van der Waals surface area contributed by atoms with Crippen LogP contribution in [0.2, 0.25) is 5.02 Å². The Morgan fingerprint density at radius 2 is 1.97 bits per heavy atom. The minimum atomic E-state index is -4.65. The zero-order chi connectivity index (χ0) is 22.5. The summed E-state index contributed by atoms with van der Waals surface area (Å²) < 4.78 is 51.0. The number of aromatic amines is 1. The van der Waals surface area contributed by atoms with E-state index in [1.807, 2.05) is 23.1 Å². The molecule has 1 atom stereocenters. The topological polar surface area (TPSA) is 76.2 Å². The van der Waals surface area contributed by atoms with E-state index in [4.69, 9.17) is 21.1 Å². The van der Waals surface area contributed by atoms with Crippen LogP contribution in [0.1, 0.15) is 35.4 Å². The van der Waals surface area contributed by atoms with Crippen molar-refractivity contribution in [1.29, 1.82) is 0 Å². The first-order valence-corrected chi connectivity index (χ1v) is 10.7. The van der Waals surface area contributed by atoms with Gasteiger partial charge in [0, 0.05) is 34.1 Å². The first kappa shape index (κ1) is 21.4. The van der Waals surface area contributed by atoms with Gasteiger partial charge in [-0.15, -0.1) is 0 Å². The normalized spacial score (nSPS) is 20.0. The molecule has 2 aliphatic heterocycles. The zero-order valence-electron chi connectivity index (χ0n) is 17.2. The predicted molar refractivity (Wildman–Crippen MR) is 112 cm³/mol. The summed E-state index contributed by atoms with van der Waals surface area (Å²) >= 11 is 6.22. The Morgan fingerprint density at radius 3 is 2.72 bits per heavy atom. The smallest absolute Gasteiger partial charge is 0.356 e. The van der Waals surface area contributed by atoms with E-state index >= 15 is 0 Å². The van der Waals surface area contributed by atoms with Crippen LogP contribution in [0.3, 0.4) is 0 Å². The highest BCUT2D eigenvalue weighted by Crippen LogP contribution is 2.40. The molecule has 11 heteroatoms. The predicted octanol–water partition coefficient (Wildman–Crippen LogP) is 4.45. The van der Waals surface area contributed by atoms with Crippen molar-refractivity contribution in [2.75, 3.05) is 31.5 Å². The number of fused-ring (bicyclic) bond motifs is 3. The van der Waals surface area contributed by atoms with Crippen molar-refractivity contribution in [3.8, 4) is 0 Å². The van der Waals surface area contributed by atoms with Crippen LogP contribution in [0.4, 0.5) is 19.1 Å². The summed E-state index contributed by atoms with van der Waals surface area (Å²) in [6, 6.07) is 5.37. The third-order valence-electron chi connectivity index (χ3n) is 5.89. The summed E-state index contributed by atoms with van der Waals surface area (Å²) in [6.45, 7) is 3.21. The standard InChI is InChI=1S/C21H21ClF3N5O2/c1-11-26-19(21(23,24)25)29-20(27-11)30-5-4-14-15-7-13(22)2-3-16(15)28-18(14)17(30)6-12-8-31-10-32-9-12/h2-3,7,12,17,28H,4-6,8-10H2,1H3/t17-/m0/s1. The molecule has 3 aromatic rings. The number of benzene rings is 1. The number of ether oxygens (including phenoxy) is 2. The lowest BCUT2D eigenvalue weighted by Crippen LogP contribution is -2.40. The number of halogens is 4. The zero-order valence-corrected chi connectivity index (χ0v) is 18.0. The van der Waals surface area contributed by atoms with Crippen molar-refractivity contribution >= 4 is 28.5 Å². The average molecular weight is 468 g/mol. The second-order valence-corrected chi connectivity index (χ2v) is 8.57. The maximum atomic E-state index is 13.4. The Hall–Kier alpha value is -2.43. The van der Waals surface area contributed by atoms with Crippen molar-refractivity contribution in [2.24, 2.45) is 5.92 Å². The maximum absolute atomic E-state index is 13.4. The summed E-state index contributed by atoms with van der Waals surface area (Å²) in [6.07, 6.45) is -3.42. The molecule has 4 heterocycles. The Bertz CT molecular complexity index is 1150. The Balaban J connectivity index is 1.59. The van der Waals surface area contributed by atoms with Crippen LogP contribution in [0, 0.1) is 12.8 Å². The van der Waals surface area contributed by atoms with Crippen LogP contribution in [0.15, 0.2) is 18.2 Å². The van der Waals surface area contributed by atoms with Crippen LogP contribution < -0.4 is 4.90 Å². The van der Waals surface area contributed by atoms with E-state index in [-0.39, 0.29) is 30.5 Å². The quantitative estimate of drug-likeness (QED) is 0.613. The van der Waals surface area contributed by atoms with Gasteiger partial charge in [0.15, 0.2) is 0 Å². The van der Waals surface area contributed by atoms with Crippen LogP contribution in [0.25, 0.3) is 10.9 Å². The number of nitrogens with zero attached hydrogens (tertiary/aromatic N) is 4. The largest absolute Gasteiger partial charge is 0.451 e. The van der Waals surface area contributed by atoms with Gasteiger partial charge in [-0.2, -0.15) is 23.1 Å². The number of alkyl halides is 3. The van der Waals surface area contributed by atoms with Crippen molar-refractivity contribution in [2.45, 2.75) is 32.0 Å². The summed E-state index contributed by atoms with van der Waals surface area (Å²) in [4.78, 5) is 16.8. The number of aryl methyl sites for hydroxylation is 1. The lowest BCUT2D eigenvalue weighted by molar-refractivity contribution is -0.145. The molecule has 5 rings (SSSR count). The number of hydrogen-bond donors (Lipinski definition) is 1. The highest BCUT2D eigenvalue weighted by Gasteiger charge is 2.39. The van der Waals surface area contributed by atoms with Crippen molar-refractivity contribution in [3.05, 3.63) is 46.1 Å². The number of rotatable bonds is 3. The van der Waals surface area contributed by atoms with E-state index in [0.29, 0.717) is 37.6 Å². The number of anilines is 1. The van der Waals surface area contributed by atoms with Gasteiger partial charge in [-0.25, -0.2) is 4.98 Å². The Kier molecular flexibility index (Phi) is 5.47. The highest BCUT2D eigenvalue weighted by molar-refractivity contribution is 6.31. The molecule has 2 aromatic heterocycles. The van der Waals surface area contributed by atoms with Crippen molar-refractivity contribution in [1.82, 2.24) is 19.9 Å². The fraction of sp³-hybridized carbons (Fsp3) is 0.476. The molecule has 1 saturated heterocycles. The molecule has 7 nitrogen and oxygen atoms in total. The molecule has 0 bridgehead atoms. The monoisotopic (exact) mass is 467 g/mol. The molecule has 1 aromatic carbocycles. The fourth-order valence-electron chi connectivity index (χ4n) is 4.53. The molecular formula is C21H21ClF3N5O2. The first-order chi connectivity index (χ1) is 15.3. The second-order valence-electron chi connectivity index (χ2n) is 8.13. The summed E-state index contributed by atoms with van der Waals surface area (Å²) in [5, 5.41) is 1.66. The van der Waals surface area contributed by atoms with Crippen LogP contribution >= 0.6 is 11.6 Å². The molecule has 32 heavy (non-hydrogen) atoms. The first-order valence-electron chi connectivity index (χ1n) is 10.3. The molecular weight excluding hydrogens is 447 g/mol. The SMILES string of the molecule is Cc1nc(N2CCc3c([nH]c4ccc(Cl)cc34)[C@@H]2CC2COCOC2)nc(C(F)(F)F)n1. The molecule has 2 aliphatic rings. The lowest BCUT2D eigenvalue weighted by Gasteiger charge is -2.38.